The van der Waals surface area contributed by atoms with Crippen molar-refractivity contribution in [3.63, 3.8) is 0 Å². The average Bonchev–Trinajstić information content (AvgIpc) is 2.98. The highest BCUT2D eigenvalue weighted by atomic mass is 16.2. The predicted molar refractivity (Wildman–Crippen MR) is 74.5 cm³/mol. The second-order valence-electron chi connectivity index (χ2n) is 6.39. The van der Waals surface area contributed by atoms with E-state index in [9.17, 15) is 4.79 Å². The van der Waals surface area contributed by atoms with Gasteiger partial charge in [-0.25, -0.2) is 4.79 Å². The molecule has 2 aliphatic carbocycles. The predicted octanol–water partition coefficient (Wildman–Crippen LogP) is 3.44. The van der Waals surface area contributed by atoms with Crippen LogP contribution in [0.3, 0.4) is 0 Å². The van der Waals surface area contributed by atoms with Gasteiger partial charge in [0, 0.05) is 12.1 Å². The van der Waals surface area contributed by atoms with E-state index in [0.717, 1.165) is 11.8 Å². The number of amides is 2. The lowest BCUT2D eigenvalue weighted by molar-refractivity contribution is 0.213. The fourth-order valence-electron chi connectivity index (χ4n) is 3.71. The maximum absolute atomic E-state index is 12.0. The van der Waals surface area contributed by atoms with Crippen LogP contribution in [-0.2, 0) is 0 Å². The first-order chi connectivity index (χ1) is 8.66. The van der Waals surface area contributed by atoms with Gasteiger partial charge in [0.15, 0.2) is 0 Å². The molecule has 0 aliphatic heterocycles. The van der Waals surface area contributed by atoms with E-state index in [1.54, 1.807) is 0 Å². The maximum atomic E-state index is 12.0. The summed E-state index contributed by atoms with van der Waals surface area (Å²) in [5, 5.41) is 6.25. The zero-order chi connectivity index (χ0) is 13.0. The van der Waals surface area contributed by atoms with E-state index in [4.69, 9.17) is 0 Å². The van der Waals surface area contributed by atoms with Gasteiger partial charge >= 0.3 is 6.03 Å². The van der Waals surface area contributed by atoms with Gasteiger partial charge in [-0.3, -0.25) is 0 Å². The largest absolute Gasteiger partial charge is 0.336 e. The van der Waals surface area contributed by atoms with Gasteiger partial charge in [-0.1, -0.05) is 25.7 Å². The zero-order valence-corrected chi connectivity index (χ0v) is 11.9. The Morgan fingerprint density at radius 1 is 0.889 bits per heavy atom. The fourth-order valence-corrected chi connectivity index (χ4v) is 3.71. The van der Waals surface area contributed by atoms with Gasteiger partial charge in [0.1, 0.15) is 0 Å². The van der Waals surface area contributed by atoms with Crippen molar-refractivity contribution in [3.8, 4) is 0 Å². The summed E-state index contributed by atoms with van der Waals surface area (Å²) in [5.74, 6) is 1.46. The second-order valence-corrected chi connectivity index (χ2v) is 6.39. The van der Waals surface area contributed by atoms with E-state index < -0.39 is 0 Å². The molecule has 0 unspecified atom stereocenters. The molecule has 0 spiro atoms. The van der Waals surface area contributed by atoms with Crippen LogP contribution in [0.4, 0.5) is 4.79 Å². The van der Waals surface area contributed by atoms with E-state index in [1.165, 1.54) is 51.4 Å². The fraction of sp³-hybridized carbons (Fsp3) is 0.933. The van der Waals surface area contributed by atoms with Crippen LogP contribution in [0, 0.1) is 11.8 Å². The Balaban J connectivity index is 1.92. The molecule has 2 fully saturated rings. The van der Waals surface area contributed by atoms with Gasteiger partial charge < -0.3 is 10.6 Å². The van der Waals surface area contributed by atoms with Crippen LogP contribution < -0.4 is 10.6 Å². The highest BCUT2D eigenvalue weighted by Crippen LogP contribution is 2.37. The van der Waals surface area contributed by atoms with Crippen molar-refractivity contribution < 1.29 is 4.79 Å². The lowest BCUT2D eigenvalue weighted by atomic mass is 9.86. The normalized spacial score (nSPS) is 22.0. The number of hydrogen-bond acceptors (Lipinski definition) is 1. The number of nitrogens with one attached hydrogen (secondary N) is 2. The standard InChI is InChI=1S/C15H28N2O/c1-11(2)16-15(18)17-14(12-7-3-4-8-12)13-9-5-6-10-13/h11-14H,3-10H2,1-2H3,(H2,16,17,18). The van der Waals surface area contributed by atoms with E-state index in [2.05, 4.69) is 10.6 Å². The highest BCUT2D eigenvalue weighted by Gasteiger charge is 2.34. The van der Waals surface area contributed by atoms with Crippen LogP contribution in [-0.4, -0.2) is 18.1 Å². The number of carbonyl (C=O) groups excluding carboxylic acids is 1. The monoisotopic (exact) mass is 252 g/mol. The SMILES string of the molecule is CC(C)NC(=O)NC(C1CCCC1)C1CCCC1. The summed E-state index contributed by atoms with van der Waals surface area (Å²) in [4.78, 5) is 12.0. The summed E-state index contributed by atoms with van der Waals surface area (Å²) in [6.45, 7) is 4.03. The molecule has 2 saturated carbocycles. The molecule has 0 aromatic heterocycles. The summed E-state index contributed by atoms with van der Waals surface area (Å²) in [6.07, 6.45) is 10.6. The summed E-state index contributed by atoms with van der Waals surface area (Å²) in [7, 11) is 0. The van der Waals surface area contributed by atoms with Gasteiger partial charge in [-0.2, -0.15) is 0 Å². The Kier molecular flexibility index (Phi) is 4.90. The molecule has 3 heteroatoms. The quantitative estimate of drug-likeness (QED) is 0.790. The maximum Gasteiger partial charge on any atom is 0.315 e. The van der Waals surface area contributed by atoms with E-state index >= 15 is 0 Å². The molecule has 0 saturated heterocycles. The summed E-state index contributed by atoms with van der Waals surface area (Å²) >= 11 is 0. The third-order valence-electron chi connectivity index (χ3n) is 4.53. The summed E-state index contributed by atoms with van der Waals surface area (Å²) in [5.41, 5.74) is 0. The lowest BCUT2D eigenvalue weighted by Gasteiger charge is -2.30. The van der Waals surface area contributed by atoms with Crippen LogP contribution in [0.5, 0.6) is 0 Å². The first-order valence-electron chi connectivity index (χ1n) is 7.74. The van der Waals surface area contributed by atoms with Gasteiger partial charge in [0.2, 0.25) is 0 Å². The molecular formula is C15H28N2O. The molecule has 18 heavy (non-hydrogen) atoms. The van der Waals surface area contributed by atoms with Gasteiger partial charge in [-0.15, -0.1) is 0 Å². The molecule has 2 rings (SSSR count). The van der Waals surface area contributed by atoms with Crippen molar-refractivity contribution in [3.05, 3.63) is 0 Å². The van der Waals surface area contributed by atoms with Crippen LogP contribution in [0.25, 0.3) is 0 Å². The van der Waals surface area contributed by atoms with Gasteiger partial charge in [0.05, 0.1) is 0 Å². The molecule has 0 aromatic rings. The van der Waals surface area contributed by atoms with Crippen LogP contribution >= 0.6 is 0 Å². The minimum Gasteiger partial charge on any atom is -0.336 e. The Bertz CT molecular complexity index is 250. The third-order valence-corrected chi connectivity index (χ3v) is 4.53. The molecule has 0 radical (unpaired) electrons. The van der Waals surface area contributed by atoms with Crippen molar-refractivity contribution in [2.75, 3.05) is 0 Å². The van der Waals surface area contributed by atoms with Crippen molar-refractivity contribution in [2.45, 2.75) is 77.3 Å². The third kappa shape index (κ3) is 3.63. The first-order valence-corrected chi connectivity index (χ1v) is 7.74. The zero-order valence-electron chi connectivity index (χ0n) is 11.9. The van der Waals surface area contributed by atoms with Crippen LogP contribution in [0.2, 0.25) is 0 Å². The number of carbonyl (C=O) groups is 1. The minimum atomic E-state index is 0.0359. The first kappa shape index (κ1) is 13.7. The van der Waals surface area contributed by atoms with Crippen molar-refractivity contribution in [2.24, 2.45) is 11.8 Å². The Labute approximate surface area is 111 Å². The number of urea groups is 1. The van der Waals surface area contributed by atoms with E-state index in [0.29, 0.717) is 6.04 Å². The van der Waals surface area contributed by atoms with Gasteiger partial charge in [0.25, 0.3) is 0 Å². The topological polar surface area (TPSA) is 41.1 Å². The number of hydrogen-bond donors (Lipinski definition) is 2. The average molecular weight is 252 g/mol. The number of rotatable bonds is 4. The molecule has 2 N–H and O–H groups in total. The molecule has 3 nitrogen and oxygen atoms in total. The molecule has 0 atom stereocenters. The summed E-state index contributed by atoms with van der Waals surface area (Å²) in [6, 6.07) is 0.681. The molecule has 2 amide bonds. The molecule has 0 bridgehead atoms. The molecular weight excluding hydrogens is 224 g/mol. The summed E-state index contributed by atoms with van der Waals surface area (Å²) < 4.78 is 0. The van der Waals surface area contributed by atoms with Gasteiger partial charge in [-0.05, 0) is 51.4 Å². The highest BCUT2D eigenvalue weighted by molar-refractivity contribution is 5.74. The molecule has 2 aliphatic rings. The molecule has 0 aromatic carbocycles. The minimum absolute atomic E-state index is 0.0359. The molecule has 104 valence electrons. The van der Waals surface area contributed by atoms with E-state index in [1.807, 2.05) is 13.8 Å². The van der Waals surface area contributed by atoms with Crippen molar-refractivity contribution in [1.82, 2.24) is 10.6 Å². The second kappa shape index (κ2) is 6.44. The smallest absolute Gasteiger partial charge is 0.315 e. The Hall–Kier alpha value is -0.730. The lowest BCUT2D eigenvalue weighted by Crippen LogP contribution is -2.49. The molecule has 0 heterocycles. The van der Waals surface area contributed by atoms with E-state index in [-0.39, 0.29) is 12.1 Å². The Morgan fingerprint density at radius 3 is 1.72 bits per heavy atom. The van der Waals surface area contributed by atoms with Crippen LogP contribution in [0.1, 0.15) is 65.2 Å². The Morgan fingerprint density at radius 2 is 1.33 bits per heavy atom. The van der Waals surface area contributed by atoms with Crippen molar-refractivity contribution >= 4 is 6.03 Å². The van der Waals surface area contributed by atoms with Crippen molar-refractivity contribution in [1.29, 1.82) is 0 Å². The van der Waals surface area contributed by atoms with Crippen LogP contribution in [0.15, 0.2) is 0 Å².